The van der Waals surface area contributed by atoms with Crippen molar-refractivity contribution in [3.63, 3.8) is 0 Å². The fraction of sp³-hybridized carbons (Fsp3) is 0.333. The summed E-state index contributed by atoms with van der Waals surface area (Å²) in [6.45, 7) is 3.08. The maximum Gasteiger partial charge on any atom is 0.241 e. The van der Waals surface area contributed by atoms with E-state index in [1.807, 2.05) is 30.3 Å². The molecule has 0 spiro atoms. The first-order valence-electron chi connectivity index (χ1n) is 9.70. The molecule has 1 amide bonds. The standard InChI is InChI=1S/C21H23N5O3/c1-15-23-19(25-29-15)14-26-12-6-5-9-18(26)21(27)24-16-10-11-20(22-13-16)28-17-7-3-2-4-8-17/h2-4,7-8,10-11,13,18H,5-6,9,12,14H2,1H3,(H,24,27)/t18-/m1/s1. The average molecular weight is 393 g/mol. The van der Waals surface area contributed by atoms with E-state index in [-0.39, 0.29) is 11.9 Å². The molecule has 0 saturated carbocycles. The number of carbonyl (C=O) groups is 1. The molecule has 8 heteroatoms. The molecule has 3 heterocycles. The second kappa shape index (κ2) is 8.83. The fourth-order valence-corrected chi connectivity index (χ4v) is 3.41. The van der Waals surface area contributed by atoms with Gasteiger partial charge in [0, 0.05) is 13.0 Å². The van der Waals surface area contributed by atoms with Gasteiger partial charge in [-0.1, -0.05) is 29.8 Å². The predicted octanol–water partition coefficient (Wildman–Crippen LogP) is 3.56. The number of aryl methyl sites for hydroxylation is 1. The number of para-hydroxylation sites is 1. The maximum atomic E-state index is 12.9. The summed E-state index contributed by atoms with van der Waals surface area (Å²) in [5, 5.41) is 6.91. The SMILES string of the molecule is Cc1nc(CN2CCCC[C@@H]2C(=O)Nc2ccc(Oc3ccccc3)nc2)no1. The second-order valence-corrected chi connectivity index (χ2v) is 7.00. The predicted molar refractivity (Wildman–Crippen MR) is 106 cm³/mol. The fourth-order valence-electron chi connectivity index (χ4n) is 3.41. The molecule has 0 bridgehead atoms. The molecule has 150 valence electrons. The molecule has 0 aliphatic carbocycles. The highest BCUT2D eigenvalue weighted by Crippen LogP contribution is 2.22. The third-order valence-corrected chi connectivity index (χ3v) is 4.80. The number of ether oxygens (including phenoxy) is 1. The lowest BCUT2D eigenvalue weighted by molar-refractivity contribution is -0.122. The minimum Gasteiger partial charge on any atom is -0.439 e. The Morgan fingerprint density at radius 2 is 2.10 bits per heavy atom. The second-order valence-electron chi connectivity index (χ2n) is 7.00. The number of hydrogen-bond donors (Lipinski definition) is 1. The zero-order valence-electron chi connectivity index (χ0n) is 16.2. The maximum absolute atomic E-state index is 12.9. The third kappa shape index (κ3) is 4.97. The molecule has 1 saturated heterocycles. The Balaban J connectivity index is 1.38. The molecular formula is C21H23N5O3. The first-order chi connectivity index (χ1) is 14.2. The number of carbonyl (C=O) groups excluding carboxylic acids is 1. The average Bonchev–Trinajstić information content (AvgIpc) is 3.15. The molecule has 1 aliphatic rings. The smallest absolute Gasteiger partial charge is 0.241 e. The molecule has 0 unspecified atom stereocenters. The van der Waals surface area contributed by atoms with Crippen LogP contribution >= 0.6 is 0 Å². The van der Waals surface area contributed by atoms with E-state index in [0.717, 1.165) is 25.8 Å². The van der Waals surface area contributed by atoms with E-state index in [9.17, 15) is 4.79 Å². The van der Waals surface area contributed by atoms with Crippen molar-refractivity contribution in [1.29, 1.82) is 0 Å². The number of pyridine rings is 1. The van der Waals surface area contributed by atoms with Crippen molar-refractivity contribution in [3.8, 4) is 11.6 Å². The van der Waals surface area contributed by atoms with Crippen LogP contribution in [0.25, 0.3) is 0 Å². The van der Waals surface area contributed by atoms with E-state index < -0.39 is 0 Å². The van der Waals surface area contributed by atoms with Gasteiger partial charge in [0.15, 0.2) is 5.82 Å². The molecule has 4 rings (SSSR count). The third-order valence-electron chi connectivity index (χ3n) is 4.80. The molecule has 8 nitrogen and oxygen atoms in total. The monoisotopic (exact) mass is 393 g/mol. The molecule has 29 heavy (non-hydrogen) atoms. The number of rotatable bonds is 6. The van der Waals surface area contributed by atoms with Gasteiger partial charge in [-0.15, -0.1) is 0 Å². The quantitative estimate of drug-likeness (QED) is 0.684. The molecule has 1 aromatic carbocycles. The summed E-state index contributed by atoms with van der Waals surface area (Å²) in [4.78, 5) is 23.5. The van der Waals surface area contributed by atoms with E-state index in [1.165, 1.54) is 0 Å². The summed E-state index contributed by atoms with van der Waals surface area (Å²) in [5.74, 6) is 2.27. The Hall–Kier alpha value is -3.26. The number of nitrogens with zero attached hydrogens (tertiary/aromatic N) is 4. The van der Waals surface area contributed by atoms with Gasteiger partial charge < -0.3 is 14.6 Å². The summed E-state index contributed by atoms with van der Waals surface area (Å²) >= 11 is 0. The van der Waals surface area contributed by atoms with Crippen LogP contribution in [0, 0.1) is 6.92 Å². The summed E-state index contributed by atoms with van der Waals surface area (Å²) in [5.41, 5.74) is 0.636. The van der Waals surface area contributed by atoms with Gasteiger partial charge in [-0.3, -0.25) is 9.69 Å². The molecule has 3 aromatic rings. The minimum absolute atomic E-state index is 0.0524. The summed E-state index contributed by atoms with van der Waals surface area (Å²) in [7, 11) is 0. The van der Waals surface area contributed by atoms with Gasteiger partial charge >= 0.3 is 0 Å². The molecule has 1 fully saturated rings. The number of aromatic nitrogens is 3. The van der Waals surface area contributed by atoms with Gasteiger partial charge in [-0.2, -0.15) is 4.98 Å². The highest BCUT2D eigenvalue weighted by atomic mass is 16.5. The van der Waals surface area contributed by atoms with Crippen molar-refractivity contribution in [2.45, 2.75) is 38.8 Å². The zero-order chi connectivity index (χ0) is 20.1. The zero-order valence-corrected chi connectivity index (χ0v) is 16.2. The first kappa shape index (κ1) is 19.1. The van der Waals surface area contributed by atoms with Crippen LogP contribution in [0.15, 0.2) is 53.2 Å². The van der Waals surface area contributed by atoms with Crippen molar-refractivity contribution in [2.75, 3.05) is 11.9 Å². The van der Waals surface area contributed by atoms with Gasteiger partial charge in [0.05, 0.1) is 24.5 Å². The summed E-state index contributed by atoms with van der Waals surface area (Å²) in [6, 6.07) is 12.7. The molecule has 1 aliphatic heterocycles. The van der Waals surface area contributed by atoms with Crippen LogP contribution < -0.4 is 10.1 Å². The Morgan fingerprint density at radius 1 is 1.24 bits per heavy atom. The number of piperidine rings is 1. The number of anilines is 1. The van der Waals surface area contributed by atoms with E-state index in [2.05, 4.69) is 25.3 Å². The van der Waals surface area contributed by atoms with Crippen LogP contribution in [0.3, 0.4) is 0 Å². The normalized spacial score (nSPS) is 17.1. The van der Waals surface area contributed by atoms with Gasteiger partial charge in [0.2, 0.25) is 17.7 Å². The van der Waals surface area contributed by atoms with E-state index >= 15 is 0 Å². The minimum atomic E-state index is -0.234. The number of likely N-dealkylation sites (tertiary alicyclic amines) is 1. The Labute approximate surface area is 168 Å². The van der Waals surface area contributed by atoms with Crippen LogP contribution in [0.4, 0.5) is 5.69 Å². The lowest BCUT2D eigenvalue weighted by Gasteiger charge is -2.33. The molecule has 1 N–H and O–H groups in total. The van der Waals surface area contributed by atoms with E-state index in [1.54, 1.807) is 25.3 Å². The van der Waals surface area contributed by atoms with Crippen molar-refractivity contribution in [2.24, 2.45) is 0 Å². The number of amides is 1. The van der Waals surface area contributed by atoms with Crippen LogP contribution in [-0.4, -0.2) is 38.5 Å². The Kier molecular flexibility index (Phi) is 5.81. The van der Waals surface area contributed by atoms with Crippen LogP contribution in [-0.2, 0) is 11.3 Å². The number of benzene rings is 1. The Bertz CT molecular complexity index is 942. The highest BCUT2D eigenvalue weighted by Gasteiger charge is 2.29. The van der Waals surface area contributed by atoms with Gasteiger partial charge in [-0.05, 0) is 37.6 Å². The van der Waals surface area contributed by atoms with Crippen LogP contribution in [0.2, 0.25) is 0 Å². The van der Waals surface area contributed by atoms with Crippen molar-refractivity contribution in [3.05, 3.63) is 60.4 Å². The van der Waals surface area contributed by atoms with Gasteiger partial charge in [0.1, 0.15) is 5.75 Å². The molecule has 0 radical (unpaired) electrons. The highest BCUT2D eigenvalue weighted by molar-refractivity contribution is 5.94. The molecular weight excluding hydrogens is 370 g/mol. The van der Waals surface area contributed by atoms with E-state index in [4.69, 9.17) is 9.26 Å². The summed E-state index contributed by atoms with van der Waals surface area (Å²) in [6.07, 6.45) is 4.47. The molecule has 1 atom stereocenters. The topological polar surface area (TPSA) is 93.4 Å². The largest absolute Gasteiger partial charge is 0.439 e. The van der Waals surface area contributed by atoms with Crippen molar-refractivity contribution < 1.29 is 14.1 Å². The van der Waals surface area contributed by atoms with E-state index in [0.29, 0.717) is 35.6 Å². The van der Waals surface area contributed by atoms with Crippen LogP contribution in [0.1, 0.15) is 31.0 Å². The summed E-state index contributed by atoms with van der Waals surface area (Å²) < 4.78 is 10.7. The lowest BCUT2D eigenvalue weighted by Crippen LogP contribution is -2.46. The van der Waals surface area contributed by atoms with Crippen LogP contribution in [0.5, 0.6) is 11.6 Å². The van der Waals surface area contributed by atoms with Gasteiger partial charge in [0.25, 0.3) is 0 Å². The molecule has 2 aromatic heterocycles. The number of hydrogen-bond acceptors (Lipinski definition) is 7. The lowest BCUT2D eigenvalue weighted by atomic mass is 10.0. The number of nitrogens with one attached hydrogen (secondary N) is 1. The van der Waals surface area contributed by atoms with Crippen molar-refractivity contribution in [1.82, 2.24) is 20.0 Å². The van der Waals surface area contributed by atoms with Gasteiger partial charge in [-0.25, -0.2) is 4.98 Å². The Morgan fingerprint density at radius 3 is 2.83 bits per heavy atom. The van der Waals surface area contributed by atoms with Crippen molar-refractivity contribution >= 4 is 11.6 Å². The first-order valence-corrected chi connectivity index (χ1v) is 9.70.